The molecule has 1 aliphatic rings. The SMILES string of the molecule is CC(C)NC(c1nccs1)c1nc2c(s1)CCC2. The van der Waals surface area contributed by atoms with Gasteiger partial charge in [-0.15, -0.1) is 22.7 Å². The molecule has 0 amide bonds. The van der Waals surface area contributed by atoms with Crippen molar-refractivity contribution in [3.63, 3.8) is 0 Å². The van der Waals surface area contributed by atoms with E-state index < -0.39 is 0 Å². The van der Waals surface area contributed by atoms with Gasteiger partial charge in [-0.05, 0) is 33.1 Å². The molecule has 0 spiro atoms. The van der Waals surface area contributed by atoms with Crippen LogP contribution in [-0.2, 0) is 12.8 Å². The summed E-state index contributed by atoms with van der Waals surface area (Å²) in [6, 6.07) is 0.596. The molecule has 0 aromatic carbocycles. The first-order valence-electron chi connectivity index (χ1n) is 6.38. The zero-order chi connectivity index (χ0) is 12.5. The van der Waals surface area contributed by atoms with Crippen LogP contribution in [0.2, 0.25) is 0 Å². The van der Waals surface area contributed by atoms with Crippen LogP contribution in [-0.4, -0.2) is 16.0 Å². The van der Waals surface area contributed by atoms with E-state index in [-0.39, 0.29) is 6.04 Å². The van der Waals surface area contributed by atoms with Gasteiger partial charge in [0.1, 0.15) is 16.1 Å². The van der Waals surface area contributed by atoms with Crippen LogP contribution in [0.3, 0.4) is 0 Å². The quantitative estimate of drug-likeness (QED) is 0.934. The number of thiazole rings is 2. The summed E-state index contributed by atoms with van der Waals surface area (Å²) >= 11 is 3.57. The molecule has 0 saturated carbocycles. The van der Waals surface area contributed by atoms with Gasteiger partial charge in [-0.3, -0.25) is 0 Å². The smallest absolute Gasteiger partial charge is 0.117 e. The zero-order valence-corrected chi connectivity index (χ0v) is 12.3. The molecule has 0 fully saturated rings. The van der Waals surface area contributed by atoms with E-state index in [4.69, 9.17) is 4.98 Å². The Labute approximate surface area is 115 Å². The lowest BCUT2D eigenvalue weighted by molar-refractivity contribution is 0.524. The van der Waals surface area contributed by atoms with Gasteiger partial charge in [-0.2, -0.15) is 0 Å². The average Bonchev–Trinajstić information content (AvgIpc) is 3.01. The molecule has 0 saturated heterocycles. The Bertz CT molecular complexity index is 495. The summed E-state index contributed by atoms with van der Waals surface area (Å²) in [6.45, 7) is 4.34. The van der Waals surface area contributed by atoms with E-state index in [9.17, 15) is 0 Å². The van der Waals surface area contributed by atoms with Crippen LogP contribution in [0.25, 0.3) is 0 Å². The zero-order valence-electron chi connectivity index (χ0n) is 10.6. The van der Waals surface area contributed by atoms with Crippen molar-refractivity contribution >= 4 is 22.7 Å². The largest absolute Gasteiger partial charge is 0.300 e. The summed E-state index contributed by atoms with van der Waals surface area (Å²) in [5, 5.41) is 7.92. The lowest BCUT2D eigenvalue weighted by Crippen LogP contribution is -2.28. The van der Waals surface area contributed by atoms with Gasteiger partial charge in [-0.1, -0.05) is 0 Å². The molecule has 2 heterocycles. The fraction of sp³-hybridized carbons (Fsp3) is 0.538. The highest BCUT2D eigenvalue weighted by Gasteiger charge is 2.25. The summed E-state index contributed by atoms with van der Waals surface area (Å²) < 4.78 is 0. The first kappa shape index (κ1) is 12.3. The second-order valence-electron chi connectivity index (χ2n) is 4.90. The number of rotatable bonds is 4. The molecule has 2 aromatic rings. The monoisotopic (exact) mass is 279 g/mol. The summed E-state index contributed by atoms with van der Waals surface area (Å²) in [4.78, 5) is 10.8. The van der Waals surface area contributed by atoms with Gasteiger partial charge >= 0.3 is 0 Å². The molecular formula is C13H17N3S2. The number of fused-ring (bicyclic) bond motifs is 1. The van der Waals surface area contributed by atoms with Gasteiger partial charge in [0.15, 0.2) is 0 Å². The van der Waals surface area contributed by atoms with Gasteiger partial charge < -0.3 is 5.32 Å². The Hall–Kier alpha value is -0.780. The molecule has 18 heavy (non-hydrogen) atoms. The van der Waals surface area contributed by atoms with Crippen molar-refractivity contribution in [3.8, 4) is 0 Å². The molecule has 1 aliphatic carbocycles. The van der Waals surface area contributed by atoms with E-state index >= 15 is 0 Å². The standard InChI is InChI=1S/C13H17N3S2/c1-8(2)15-11(12-14-6-7-17-12)13-16-9-4-3-5-10(9)18-13/h6-8,11,15H,3-5H2,1-2H3. The Morgan fingerprint density at radius 2 is 2.17 bits per heavy atom. The van der Waals surface area contributed by atoms with Crippen LogP contribution in [0.15, 0.2) is 11.6 Å². The normalized spacial score (nSPS) is 16.2. The summed E-state index contributed by atoms with van der Waals surface area (Å²) in [6.07, 6.45) is 5.50. The van der Waals surface area contributed by atoms with Crippen LogP contribution in [0.5, 0.6) is 0 Å². The van der Waals surface area contributed by atoms with Crippen LogP contribution in [0.4, 0.5) is 0 Å². The molecule has 1 atom stereocenters. The van der Waals surface area contributed by atoms with Crippen molar-refractivity contribution in [1.29, 1.82) is 0 Å². The molecule has 0 radical (unpaired) electrons. The first-order chi connectivity index (χ1) is 8.74. The highest BCUT2D eigenvalue weighted by molar-refractivity contribution is 7.12. The predicted octanol–water partition coefficient (Wildman–Crippen LogP) is 3.18. The Kier molecular flexibility index (Phi) is 3.46. The van der Waals surface area contributed by atoms with Crippen LogP contribution in [0.1, 0.15) is 46.9 Å². The second kappa shape index (κ2) is 5.07. The number of nitrogens with one attached hydrogen (secondary N) is 1. The van der Waals surface area contributed by atoms with Crippen LogP contribution < -0.4 is 5.32 Å². The predicted molar refractivity (Wildman–Crippen MR) is 76.4 cm³/mol. The van der Waals surface area contributed by atoms with E-state index in [2.05, 4.69) is 24.1 Å². The van der Waals surface area contributed by atoms with Crippen LogP contribution >= 0.6 is 22.7 Å². The molecule has 1 unspecified atom stereocenters. The first-order valence-corrected chi connectivity index (χ1v) is 8.07. The van der Waals surface area contributed by atoms with E-state index in [0.717, 1.165) is 11.4 Å². The van der Waals surface area contributed by atoms with Crippen molar-refractivity contribution < 1.29 is 0 Å². The Balaban J connectivity index is 1.92. The second-order valence-corrected chi connectivity index (χ2v) is 6.94. The van der Waals surface area contributed by atoms with Gasteiger partial charge in [0.25, 0.3) is 0 Å². The maximum atomic E-state index is 4.82. The fourth-order valence-corrected chi connectivity index (χ4v) is 4.28. The minimum absolute atomic E-state index is 0.167. The highest BCUT2D eigenvalue weighted by Crippen LogP contribution is 2.33. The molecule has 2 aromatic heterocycles. The molecule has 0 bridgehead atoms. The van der Waals surface area contributed by atoms with Gasteiger partial charge in [0.05, 0.1) is 5.69 Å². The molecule has 1 N–H and O–H groups in total. The van der Waals surface area contributed by atoms with Gasteiger partial charge in [0.2, 0.25) is 0 Å². The number of nitrogens with zero attached hydrogens (tertiary/aromatic N) is 2. The summed E-state index contributed by atoms with van der Waals surface area (Å²) in [5.74, 6) is 0. The van der Waals surface area contributed by atoms with Gasteiger partial charge in [-0.25, -0.2) is 9.97 Å². The molecule has 3 rings (SSSR count). The maximum Gasteiger partial charge on any atom is 0.117 e. The molecule has 5 heteroatoms. The van der Waals surface area contributed by atoms with E-state index in [1.54, 1.807) is 11.3 Å². The minimum Gasteiger partial charge on any atom is -0.300 e. The van der Waals surface area contributed by atoms with Crippen molar-refractivity contribution in [1.82, 2.24) is 15.3 Å². The third-order valence-corrected chi connectivity index (χ3v) is 5.12. The fourth-order valence-electron chi connectivity index (χ4n) is 2.29. The molecular weight excluding hydrogens is 262 g/mol. The Morgan fingerprint density at radius 3 is 2.83 bits per heavy atom. The lowest BCUT2D eigenvalue weighted by Gasteiger charge is -2.17. The van der Waals surface area contributed by atoms with E-state index in [1.807, 2.05) is 22.9 Å². The average molecular weight is 279 g/mol. The number of hydrogen-bond acceptors (Lipinski definition) is 5. The number of aryl methyl sites for hydroxylation is 2. The van der Waals surface area contributed by atoms with Crippen molar-refractivity contribution in [2.24, 2.45) is 0 Å². The molecule has 3 nitrogen and oxygen atoms in total. The summed E-state index contributed by atoms with van der Waals surface area (Å²) in [5.41, 5.74) is 1.32. The van der Waals surface area contributed by atoms with Crippen molar-refractivity contribution in [3.05, 3.63) is 32.2 Å². The minimum atomic E-state index is 0.167. The third-order valence-electron chi connectivity index (χ3n) is 3.06. The van der Waals surface area contributed by atoms with E-state index in [0.29, 0.717) is 6.04 Å². The topological polar surface area (TPSA) is 37.8 Å². The third kappa shape index (κ3) is 2.35. The Morgan fingerprint density at radius 1 is 1.28 bits per heavy atom. The van der Waals surface area contributed by atoms with Crippen molar-refractivity contribution in [2.75, 3.05) is 0 Å². The van der Waals surface area contributed by atoms with Crippen molar-refractivity contribution in [2.45, 2.75) is 45.2 Å². The van der Waals surface area contributed by atoms with Gasteiger partial charge in [0, 0.05) is 22.5 Å². The highest BCUT2D eigenvalue weighted by atomic mass is 32.1. The van der Waals surface area contributed by atoms with E-state index in [1.165, 1.54) is 28.4 Å². The summed E-state index contributed by atoms with van der Waals surface area (Å²) in [7, 11) is 0. The molecule has 96 valence electrons. The number of aromatic nitrogens is 2. The lowest BCUT2D eigenvalue weighted by atomic mass is 10.2. The maximum absolute atomic E-state index is 4.82. The number of hydrogen-bond donors (Lipinski definition) is 1. The molecule has 0 aliphatic heterocycles. The van der Waals surface area contributed by atoms with Crippen LogP contribution in [0, 0.1) is 0 Å².